The number of halogens is 1. The summed E-state index contributed by atoms with van der Waals surface area (Å²) < 4.78 is 13.5. The Morgan fingerprint density at radius 3 is 2.07 bits per heavy atom. The third kappa shape index (κ3) is 3.35. The van der Waals surface area contributed by atoms with Crippen molar-refractivity contribution < 1.29 is 4.39 Å². The summed E-state index contributed by atoms with van der Waals surface area (Å²) in [6.07, 6.45) is 0. The maximum absolute atomic E-state index is 13.5. The largest absolute Gasteiger partial charge is 0.336 e. The van der Waals surface area contributed by atoms with E-state index in [0.29, 0.717) is 19.5 Å². The van der Waals surface area contributed by atoms with Crippen molar-refractivity contribution in [2.45, 2.75) is 39.8 Å². The molecule has 1 aromatic carbocycles. The van der Waals surface area contributed by atoms with Gasteiger partial charge < -0.3 is 4.81 Å². The van der Waals surface area contributed by atoms with Crippen LogP contribution in [0.5, 0.6) is 0 Å². The van der Waals surface area contributed by atoms with Crippen LogP contribution in [0, 0.1) is 5.82 Å². The predicted octanol–water partition coefficient (Wildman–Crippen LogP) is 1.92. The first-order valence-electron chi connectivity index (χ1n) is 5.51. The lowest BCUT2D eigenvalue weighted by molar-refractivity contribution is 0.315. The van der Waals surface area contributed by atoms with Gasteiger partial charge in [-0.2, -0.15) is 0 Å². The second-order valence-electron chi connectivity index (χ2n) is 4.45. The Bertz CT molecular complexity index is 304. The maximum Gasteiger partial charge on any atom is 0.242 e. The lowest BCUT2D eigenvalue weighted by atomic mass is 9.78. The van der Waals surface area contributed by atoms with E-state index in [-0.39, 0.29) is 5.82 Å². The van der Waals surface area contributed by atoms with Crippen LogP contribution in [0.25, 0.3) is 0 Å². The highest BCUT2D eigenvalue weighted by molar-refractivity contribution is 6.50. The first-order chi connectivity index (χ1) is 7.02. The summed E-state index contributed by atoms with van der Waals surface area (Å²) in [5.74, 6) is -0.108. The molecule has 0 aliphatic carbocycles. The van der Waals surface area contributed by atoms with Gasteiger partial charge in [0.15, 0.2) is 0 Å². The van der Waals surface area contributed by atoms with Crippen molar-refractivity contribution in [3.05, 3.63) is 30.1 Å². The third-order valence-corrected chi connectivity index (χ3v) is 2.64. The van der Waals surface area contributed by atoms with E-state index in [1.807, 2.05) is 12.1 Å². The van der Waals surface area contributed by atoms with Crippen LogP contribution in [0.15, 0.2) is 24.3 Å². The molecule has 0 radical (unpaired) electrons. The smallest absolute Gasteiger partial charge is 0.242 e. The minimum atomic E-state index is -0.108. The summed E-state index contributed by atoms with van der Waals surface area (Å²) in [6, 6.07) is 7.86. The van der Waals surface area contributed by atoms with Gasteiger partial charge in [-0.1, -0.05) is 45.9 Å². The first kappa shape index (κ1) is 12.2. The van der Waals surface area contributed by atoms with Gasteiger partial charge in [-0.3, -0.25) is 0 Å². The van der Waals surface area contributed by atoms with E-state index < -0.39 is 0 Å². The molecule has 15 heavy (non-hydrogen) atoms. The number of hydrogen-bond acceptors (Lipinski definition) is 1. The van der Waals surface area contributed by atoms with E-state index in [1.54, 1.807) is 6.07 Å². The highest BCUT2D eigenvalue weighted by Crippen LogP contribution is 2.03. The molecule has 0 saturated carbocycles. The quantitative estimate of drug-likeness (QED) is 0.682. The molecule has 0 heterocycles. The zero-order chi connectivity index (χ0) is 11.4. The molecule has 0 aromatic heterocycles. The van der Waals surface area contributed by atoms with Crippen LogP contribution < -0.4 is 5.46 Å². The van der Waals surface area contributed by atoms with Crippen molar-refractivity contribution in [1.82, 2.24) is 4.81 Å². The second kappa shape index (κ2) is 5.31. The maximum atomic E-state index is 13.5. The van der Waals surface area contributed by atoms with Crippen molar-refractivity contribution in [2.75, 3.05) is 0 Å². The van der Waals surface area contributed by atoms with Gasteiger partial charge in [0, 0.05) is 0 Å². The Labute approximate surface area is 92.6 Å². The van der Waals surface area contributed by atoms with Crippen LogP contribution in [0.3, 0.4) is 0 Å². The molecule has 0 amide bonds. The molecule has 0 spiro atoms. The van der Waals surface area contributed by atoms with E-state index in [1.165, 1.54) is 6.07 Å². The molecule has 0 fully saturated rings. The SMILES string of the molecule is CC(C)N(Bc1ccccc1F)C(C)C. The average molecular weight is 207 g/mol. The monoisotopic (exact) mass is 207 g/mol. The summed E-state index contributed by atoms with van der Waals surface area (Å²) in [5, 5.41) is 0. The van der Waals surface area contributed by atoms with Gasteiger partial charge in [-0.15, -0.1) is 0 Å². The fourth-order valence-electron chi connectivity index (χ4n) is 1.78. The molecule has 0 unspecified atom stereocenters. The molecule has 1 rings (SSSR count). The van der Waals surface area contributed by atoms with E-state index in [9.17, 15) is 4.39 Å². The normalized spacial score (nSPS) is 11.5. The minimum absolute atomic E-state index is 0.108. The van der Waals surface area contributed by atoms with Gasteiger partial charge in [0.05, 0.1) is 0 Å². The van der Waals surface area contributed by atoms with Crippen molar-refractivity contribution in [3.8, 4) is 0 Å². The van der Waals surface area contributed by atoms with E-state index in [0.717, 1.165) is 5.46 Å². The molecule has 0 atom stereocenters. The van der Waals surface area contributed by atoms with Crippen LogP contribution in [0.1, 0.15) is 27.7 Å². The summed E-state index contributed by atoms with van der Waals surface area (Å²) >= 11 is 0. The third-order valence-electron chi connectivity index (χ3n) is 2.64. The van der Waals surface area contributed by atoms with Crippen LogP contribution in [0.2, 0.25) is 0 Å². The molecular formula is C12H19BFN. The molecule has 0 bridgehead atoms. The minimum Gasteiger partial charge on any atom is -0.336 e. The molecule has 0 saturated heterocycles. The number of benzene rings is 1. The molecule has 3 heteroatoms. The Morgan fingerprint density at radius 2 is 1.60 bits per heavy atom. The lowest BCUT2D eigenvalue weighted by Gasteiger charge is -2.30. The molecule has 1 nitrogen and oxygen atoms in total. The number of hydrogen-bond donors (Lipinski definition) is 0. The average Bonchev–Trinajstić information content (AvgIpc) is 2.15. The summed E-state index contributed by atoms with van der Waals surface area (Å²) in [5.41, 5.74) is 0.778. The molecule has 0 N–H and O–H groups in total. The van der Waals surface area contributed by atoms with Crippen molar-refractivity contribution >= 4 is 12.9 Å². The highest BCUT2D eigenvalue weighted by atomic mass is 19.1. The zero-order valence-corrected chi connectivity index (χ0v) is 10.00. The first-order valence-corrected chi connectivity index (χ1v) is 5.51. The van der Waals surface area contributed by atoms with Gasteiger partial charge in [-0.25, -0.2) is 4.39 Å². The standard InChI is InChI=1S/C12H19BFN/c1-9(2)15(10(3)4)13-11-7-5-6-8-12(11)14/h5-10,13H,1-4H3. The van der Waals surface area contributed by atoms with Crippen LogP contribution in [-0.4, -0.2) is 24.3 Å². The van der Waals surface area contributed by atoms with Crippen molar-refractivity contribution in [3.63, 3.8) is 0 Å². The van der Waals surface area contributed by atoms with Crippen molar-refractivity contribution in [2.24, 2.45) is 0 Å². The van der Waals surface area contributed by atoms with E-state index in [4.69, 9.17) is 0 Å². The summed E-state index contributed by atoms with van der Waals surface area (Å²) in [7, 11) is 0.683. The fraction of sp³-hybridized carbons (Fsp3) is 0.500. The molecule has 1 aromatic rings. The highest BCUT2D eigenvalue weighted by Gasteiger charge is 2.16. The van der Waals surface area contributed by atoms with E-state index >= 15 is 0 Å². The summed E-state index contributed by atoms with van der Waals surface area (Å²) in [6.45, 7) is 8.56. The molecule has 82 valence electrons. The zero-order valence-electron chi connectivity index (χ0n) is 10.00. The van der Waals surface area contributed by atoms with Crippen LogP contribution >= 0.6 is 0 Å². The van der Waals surface area contributed by atoms with Gasteiger partial charge in [0.1, 0.15) is 5.82 Å². The topological polar surface area (TPSA) is 3.24 Å². The molecular weight excluding hydrogens is 188 g/mol. The lowest BCUT2D eigenvalue weighted by Crippen LogP contribution is -2.45. The van der Waals surface area contributed by atoms with Gasteiger partial charge in [0.25, 0.3) is 0 Å². The second-order valence-corrected chi connectivity index (χ2v) is 4.45. The van der Waals surface area contributed by atoms with Crippen LogP contribution in [0.4, 0.5) is 4.39 Å². The predicted molar refractivity (Wildman–Crippen MR) is 65.3 cm³/mol. The Balaban J connectivity index is 2.79. The Hall–Kier alpha value is -0.825. The van der Waals surface area contributed by atoms with Crippen molar-refractivity contribution in [1.29, 1.82) is 0 Å². The Morgan fingerprint density at radius 1 is 1.07 bits per heavy atom. The number of nitrogens with zero attached hydrogens (tertiary/aromatic N) is 1. The Kier molecular flexibility index (Phi) is 4.34. The fourth-order valence-corrected chi connectivity index (χ4v) is 1.78. The summed E-state index contributed by atoms with van der Waals surface area (Å²) in [4.78, 5) is 2.28. The van der Waals surface area contributed by atoms with Gasteiger partial charge in [-0.05, 0) is 23.6 Å². The van der Waals surface area contributed by atoms with Gasteiger partial charge >= 0.3 is 0 Å². The molecule has 0 aliphatic rings. The molecule has 0 aliphatic heterocycles. The number of rotatable bonds is 4. The van der Waals surface area contributed by atoms with E-state index in [2.05, 4.69) is 32.5 Å². The van der Waals surface area contributed by atoms with Gasteiger partial charge in [0.2, 0.25) is 7.41 Å². The van der Waals surface area contributed by atoms with Crippen LogP contribution in [-0.2, 0) is 0 Å².